The molecule has 162 valence electrons. The molecule has 0 aromatic rings. The summed E-state index contributed by atoms with van der Waals surface area (Å²) in [7, 11) is -3.02. The standard InChI is InChI=1S/C22H39NO4S/c1-4-5-6-10-15-28(25,26)16-18-17(19-12-13-20(18)27-19)11-8-7-9-14-22(2,3)21(23)24/h7-8,17-20H,4-6,9-16H2,1-3H3,(H2,23,24)/t17-,18+,19-,20+/m0/s1. The molecule has 28 heavy (non-hydrogen) atoms. The summed E-state index contributed by atoms with van der Waals surface area (Å²) in [5.74, 6) is 0.733. The predicted molar refractivity (Wildman–Crippen MR) is 114 cm³/mol. The Kier molecular flexibility index (Phi) is 8.56. The lowest BCUT2D eigenvalue weighted by molar-refractivity contribution is -0.126. The van der Waals surface area contributed by atoms with Crippen molar-refractivity contribution in [3.8, 4) is 0 Å². The number of rotatable bonds is 13. The maximum absolute atomic E-state index is 12.6. The van der Waals surface area contributed by atoms with E-state index in [9.17, 15) is 13.2 Å². The lowest BCUT2D eigenvalue weighted by Gasteiger charge is -2.27. The van der Waals surface area contributed by atoms with Crippen LogP contribution in [0.25, 0.3) is 0 Å². The van der Waals surface area contributed by atoms with Crippen molar-refractivity contribution in [2.75, 3.05) is 11.5 Å². The number of carbonyl (C=O) groups is 1. The van der Waals surface area contributed by atoms with Crippen LogP contribution in [0.4, 0.5) is 0 Å². The van der Waals surface area contributed by atoms with Crippen LogP contribution in [0, 0.1) is 17.3 Å². The smallest absolute Gasteiger partial charge is 0.223 e. The largest absolute Gasteiger partial charge is 0.374 e. The quantitative estimate of drug-likeness (QED) is 0.365. The molecule has 0 radical (unpaired) electrons. The third-order valence-corrected chi connectivity index (χ3v) is 8.33. The third-order valence-electron chi connectivity index (χ3n) is 6.52. The van der Waals surface area contributed by atoms with E-state index < -0.39 is 15.3 Å². The van der Waals surface area contributed by atoms with Gasteiger partial charge >= 0.3 is 0 Å². The molecular weight excluding hydrogens is 374 g/mol. The molecule has 2 rings (SSSR count). The summed E-state index contributed by atoms with van der Waals surface area (Å²) in [6, 6.07) is 0. The van der Waals surface area contributed by atoms with E-state index in [1.165, 1.54) is 0 Å². The molecule has 0 saturated carbocycles. The summed E-state index contributed by atoms with van der Waals surface area (Å²) in [6.07, 6.45) is 13.0. The number of hydrogen-bond donors (Lipinski definition) is 1. The fourth-order valence-electron chi connectivity index (χ4n) is 4.49. The molecule has 0 aliphatic carbocycles. The van der Waals surface area contributed by atoms with Gasteiger partial charge in [0.2, 0.25) is 5.91 Å². The van der Waals surface area contributed by atoms with Crippen molar-refractivity contribution in [3.05, 3.63) is 12.2 Å². The highest BCUT2D eigenvalue weighted by Crippen LogP contribution is 2.45. The monoisotopic (exact) mass is 413 g/mol. The van der Waals surface area contributed by atoms with Gasteiger partial charge in [-0.15, -0.1) is 0 Å². The maximum atomic E-state index is 12.6. The molecule has 2 bridgehead atoms. The van der Waals surface area contributed by atoms with E-state index in [1.807, 2.05) is 13.8 Å². The van der Waals surface area contributed by atoms with E-state index in [2.05, 4.69) is 19.1 Å². The van der Waals surface area contributed by atoms with Crippen LogP contribution in [0.3, 0.4) is 0 Å². The van der Waals surface area contributed by atoms with Gasteiger partial charge in [-0.2, -0.15) is 0 Å². The highest BCUT2D eigenvalue weighted by Gasteiger charge is 2.49. The van der Waals surface area contributed by atoms with Gasteiger partial charge in [0.1, 0.15) is 0 Å². The number of allylic oxidation sites excluding steroid dienone is 2. The minimum absolute atomic E-state index is 0.114. The van der Waals surface area contributed by atoms with E-state index in [0.29, 0.717) is 11.7 Å². The normalized spacial score (nSPS) is 27.7. The topological polar surface area (TPSA) is 86.5 Å². The number of amides is 1. The summed E-state index contributed by atoms with van der Waals surface area (Å²) in [6.45, 7) is 5.87. The van der Waals surface area contributed by atoms with E-state index in [0.717, 1.165) is 57.8 Å². The van der Waals surface area contributed by atoms with Gasteiger partial charge in [-0.05, 0) is 44.4 Å². The van der Waals surface area contributed by atoms with E-state index >= 15 is 0 Å². The molecule has 2 fully saturated rings. The van der Waals surface area contributed by atoms with Crippen LogP contribution in [0.15, 0.2) is 12.2 Å². The third kappa shape index (κ3) is 6.58. The first kappa shape index (κ1) is 23.4. The Morgan fingerprint density at radius 2 is 1.79 bits per heavy atom. The molecule has 0 spiro atoms. The SMILES string of the molecule is CCCCCCS(=O)(=O)C[C@@H]1[C@H](CC=CCCC(C)(C)C(N)=O)[C@@H]2CC[C@H]1O2. The second-order valence-electron chi connectivity index (χ2n) is 9.29. The van der Waals surface area contributed by atoms with Gasteiger partial charge in [0.25, 0.3) is 0 Å². The van der Waals surface area contributed by atoms with Crippen molar-refractivity contribution in [3.63, 3.8) is 0 Å². The van der Waals surface area contributed by atoms with Crippen molar-refractivity contribution in [1.82, 2.24) is 0 Å². The molecular formula is C22H39NO4S. The Bertz CT molecular complexity index is 641. The van der Waals surface area contributed by atoms with Crippen molar-refractivity contribution in [2.24, 2.45) is 23.0 Å². The van der Waals surface area contributed by atoms with Crippen LogP contribution < -0.4 is 5.73 Å². The maximum Gasteiger partial charge on any atom is 0.223 e. The van der Waals surface area contributed by atoms with E-state index in [-0.39, 0.29) is 29.8 Å². The van der Waals surface area contributed by atoms with Gasteiger partial charge in [0.05, 0.1) is 23.7 Å². The first-order chi connectivity index (χ1) is 13.2. The molecule has 5 nitrogen and oxygen atoms in total. The fraction of sp³-hybridized carbons (Fsp3) is 0.864. The average molecular weight is 414 g/mol. The van der Waals surface area contributed by atoms with Gasteiger partial charge in [0.15, 0.2) is 9.84 Å². The summed E-state index contributed by atoms with van der Waals surface area (Å²) >= 11 is 0. The summed E-state index contributed by atoms with van der Waals surface area (Å²) in [5.41, 5.74) is 4.93. The number of nitrogens with two attached hydrogens (primary N) is 1. The Hall–Kier alpha value is -0.880. The van der Waals surface area contributed by atoms with Crippen molar-refractivity contribution in [2.45, 2.75) is 90.8 Å². The summed E-state index contributed by atoms with van der Waals surface area (Å²) in [4.78, 5) is 11.4. The zero-order chi connectivity index (χ0) is 20.8. The van der Waals surface area contributed by atoms with Crippen molar-refractivity contribution in [1.29, 1.82) is 0 Å². The second-order valence-corrected chi connectivity index (χ2v) is 11.5. The summed E-state index contributed by atoms with van der Waals surface area (Å²) in [5, 5.41) is 0. The first-order valence-electron chi connectivity index (χ1n) is 11.0. The number of hydrogen-bond acceptors (Lipinski definition) is 4. The molecule has 0 aromatic carbocycles. The number of primary amides is 1. The predicted octanol–water partition coefficient (Wildman–Crippen LogP) is 4.01. The first-order valence-corrected chi connectivity index (χ1v) is 12.8. The number of fused-ring (bicyclic) bond motifs is 2. The van der Waals surface area contributed by atoms with Crippen molar-refractivity contribution < 1.29 is 17.9 Å². The number of ether oxygens (including phenoxy) is 1. The molecule has 6 heteroatoms. The van der Waals surface area contributed by atoms with Crippen LogP contribution >= 0.6 is 0 Å². The molecule has 2 saturated heterocycles. The molecule has 2 aliphatic rings. The van der Waals surface area contributed by atoms with Crippen molar-refractivity contribution >= 4 is 15.7 Å². The number of carbonyl (C=O) groups excluding carboxylic acids is 1. The van der Waals surface area contributed by atoms with Crippen LogP contribution in [0.1, 0.15) is 78.6 Å². The van der Waals surface area contributed by atoms with Crippen LogP contribution in [0.5, 0.6) is 0 Å². The number of unbranched alkanes of at least 4 members (excludes halogenated alkanes) is 3. The van der Waals surface area contributed by atoms with Gasteiger partial charge < -0.3 is 10.5 Å². The molecule has 2 heterocycles. The van der Waals surface area contributed by atoms with Gasteiger partial charge in [0, 0.05) is 11.3 Å². The van der Waals surface area contributed by atoms with Crippen LogP contribution in [-0.2, 0) is 19.4 Å². The number of sulfone groups is 1. The second kappa shape index (κ2) is 10.2. The van der Waals surface area contributed by atoms with Gasteiger partial charge in [-0.3, -0.25) is 4.79 Å². The highest BCUT2D eigenvalue weighted by atomic mass is 32.2. The Balaban J connectivity index is 1.85. The fourth-order valence-corrected chi connectivity index (χ4v) is 6.35. The molecule has 0 aromatic heterocycles. The molecule has 4 atom stereocenters. The zero-order valence-electron chi connectivity index (χ0n) is 17.9. The van der Waals surface area contributed by atoms with Crippen LogP contribution in [0.2, 0.25) is 0 Å². The molecule has 2 N–H and O–H groups in total. The van der Waals surface area contributed by atoms with Crippen LogP contribution in [-0.4, -0.2) is 38.0 Å². The zero-order valence-corrected chi connectivity index (χ0v) is 18.7. The lowest BCUT2D eigenvalue weighted by atomic mass is 9.78. The Morgan fingerprint density at radius 3 is 2.43 bits per heavy atom. The minimum atomic E-state index is -3.02. The summed E-state index contributed by atoms with van der Waals surface area (Å²) < 4.78 is 31.3. The molecule has 2 aliphatic heterocycles. The molecule has 1 amide bonds. The van der Waals surface area contributed by atoms with E-state index in [1.54, 1.807) is 0 Å². The Labute approximate surface area is 171 Å². The Morgan fingerprint density at radius 1 is 1.11 bits per heavy atom. The minimum Gasteiger partial charge on any atom is -0.374 e. The van der Waals surface area contributed by atoms with Gasteiger partial charge in [-0.25, -0.2) is 8.42 Å². The highest BCUT2D eigenvalue weighted by molar-refractivity contribution is 7.91. The lowest BCUT2D eigenvalue weighted by Crippen LogP contribution is -2.33. The average Bonchev–Trinajstić information content (AvgIpc) is 3.20. The molecule has 0 unspecified atom stereocenters. The van der Waals surface area contributed by atoms with E-state index in [4.69, 9.17) is 10.5 Å². The van der Waals surface area contributed by atoms with Gasteiger partial charge in [-0.1, -0.05) is 52.2 Å².